The maximum absolute atomic E-state index is 12.2. The van der Waals surface area contributed by atoms with E-state index in [2.05, 4.69) is 25.3 Å². The lowest BCUT2D eigenvalue weighted by atomic mass is 10.00. The van der Waals surface area contributed by atoms with Gasteiger partial charge in [-0.1, -0.05) is 12.1 Å². The molecule has 1 amide bonds. The van der Waals surface area contributed by atoms with Crippen LogP contribution in [0.1, 0.15) is 5.82 Å². The second-order valence-electron chi connectivity index (χ2n) is 5.57. The number of anilines is 1. The van der Waals surface area contributed by atoms with Gasteiger partial charge < -0.3 is 15.2 Å². The summed E-state index contributed by atoms with van der Waals surface area (Å²) in [5.41, 5.74) is 1.89. The molecule has 1 aliphatic heterocycles. The normalized spacial score (nSPS) is 14.7. The maximum Gasteiger partial charge on any atom is 0.227 e. The number of fused-ring (bicyclic) bond motifs is 1. The predicted octanol–water partition coefficient (Wildman–Crippen LogP) is 1.11. The van der Waals surface area contributed by atoms with Crippen molar-refractivity contribution in [2.75, 3.05) is 18.0 Å². The van der Waals surface area contributed by atoms with Crippen LogP contribution < -0.4 is 10.2 Å². The van der Waals surface area contributed by atoms with E-state index in [1.807, 2.05) is 29.2 Å². The molecule has 0 bridgehead atoms. The number of amides is 1. The number of aromatic nitrogens is 4. The van der Waals surface area contributed by atoms with Crippen molar-refractivity contribution in [2.45, 2.75) is 6.54 Å². The van der Waals surface area contributed by atoms with Gasteiger partial charge in [-0.3, -0.25) is 4.79 Å². The topological polar surface area (TPSA) is 86.8 Å². The smallest absolute Gasteiger partial charge is 0.227 e. The summed E-state index contributed by atoms with van der Waals surface area (Å²) in [6, 6.07) is 9.59. The van der Waals surface area contributed by atoms with Crippen LogP contribution in [0.3, 0.4) is 0 Å². The lowest BCUT2D eigenvalue weighted by Gasteiger charge is -2.37. The van der Waals surface area contributed by atoms with Crippen molar-refractivity contribution in [3.63, 3.8) is 0 Å². The summed E-state index contributed by atoms with van der Waals surface area (Å²) in [6.45, 7) is 1.71. The van der Waals surface area contributed by atoms with E-state index in [0.717, 1.165) is 16.9 Å². The summed E-state index contributed by atoms with van der Waals surface area (Å²) in [7, 11) is 0. The molecule has 2 aromatic heterocycles. The van der Waals surface area contributed by atoms with Gasteiger partial charge in [0.1, 0.15) is 5.82 Å². The molecule has 23 heavy (non-hydrogen) atoms. The molecule has 0 aliphatic carbocycles. The average molecular weight is 308 g/mol. The van der Waals surface area contributed by atoms with Gasteiger partial charge in [0, 0.05) is 25.5 Å². The highest BCUT2D eigenvalue weighted by Crippen LogP contribution is 2.20. The van der Waals surface area contributed by atoms with Gasteiger partial charge in [-0.15, -0.1) is 0 Å². The molecule has 0 radical (unpaired) electrons. The first-order chi connectivity index (χ1) is 11.3. The summed E-state index contributed by atoms with van der Waals surface area (Å²) in [4.78, 5) is 30.2. The number of H-pyrrole nitrogens is 1. The van der Waals surface area contributed by atoms with E-state index < -0.39 is 0 Å². The number of rotatable bonds is 4. The number of carbonyl (C=O) groups excluding carboxylic acids is 1. The summed E-state index contributed by atoms with van der Waals surface area (Å²) >= 11 is 0. The number of nitrogens with zero attached hydrogens (tertiary/aromatic N) is 4. The van der Waals surface area contributed by atoms with Crippen LogP contribution >= 0.6 is 0 Å². The average Bonchev–Trinajstić information content (AvgIpc) is 2.95. The van der Waals surface area contributed by atoms with Crippen LogP contribution in [-0.2, 0) is 11.3 Å². The Balaban J connectivity index is 1.31. The van der Waals surface area contributed by atoms with E-state index in [-0.39, 0.29) is 11.8 Å². The number of para-hydroxylation sites is 2. The van der Waals surface area contributed by atoms with Crippen molar-refractivity contribution in [2.24, 2.45) is 5.92 Å². The van der Waals surface area contributed by atoms with Crippen LogP contribution in [0.4, 0.5) is 5.95 Å². The summed E-state index contributed by atoms with van der Waals surface area (Å²) in [5.74, 6) is 1.46. The number of hydrogen-bond acceptors (Lipinski definition) is 5. The van der Waals surface area contributed by atoms with E-state index in [4.69, 9.17) is 0 Å². The first-order valence-electron chi connectivity index (χ1n) is 7.53. The largest absolute Gasteiger partial charge is 0.349 e. The Morgan fingerprint density at radius 2 is 2.00 bits per heavy atom. The zero-order chi connectivity index (χ0) is 15.6. The molecule has 3 aromatic rings. The molecule has 1 aromatic carbocycles. The minimum Gasteiger partial charge on any atom is -0.349 e. The predicted molar refractivity (Wildman–Crippen MR) is 85.7 cm³/mol. The van der Waals surface area contributed by atoms with Gasteiger partial charge >= 0.3 is 0 Å². The van der Waals surface area contributed by atoms with E-state index in [1.54, 1.807) is 18.5 Å². The lowest BCUT2D eigenvalue weighted by Crippen LogP contribution is -2.54. The molecule has 3 heterocycles. The van der Waals surface area contributed by atoms with Gasteiger partial charge in [0.25, 0.3) is 0 Å². The highest BCUT2D eigenvalue weighted by molar-refractivity contribution is 5.81. The number of nitrogens with one attached hydrogen (secondary N) is 2. The molecule has 7 heteroatoms. The second-order valence-corrected chi connectivity index (χ2v) is 5.57. The minimum atomic E-state index is -0.0248. The second kappa shape index (κ2) is 5.68. The third-order valence-corrected chi connectivity index (χ3v) is 3.96. The number of aromatic amines is 1. The molecule has 116 valence electrons. The van der Waals surface area contributed by atoms with Crippen LogP contribution in [0.25, 0.3) is 11.0 Å². The highest BCUT2D eigenvalue weighted by atomic mass is 16.2. The molecule has 2 N–H and O–H groups in total. The van der Waals surface area contributed by atoms with E-state index in [0.29, 0.717) is 25.6 Å². The highest BCUT2D eigenvalue weighted by Gasteiger charge is 2.33. The van der Waals surface area contributed by atoms with Gasteiger partial charge in [-0.2, -0.15) is 0 Å². The summed E-state index contributed by atoms with van der Waals surface area (Å²) in [6.07, 6.45) is 3.41. The van der Waals surface area contributed by atoms with Crippen molar-refractivity contribution in [1.29, 1.82) is 0 Å². The van der Waals surface area contributed by atoms with Gasteiger partial charge in [0.15, 0.2) is 0 Å². The van der Waals surface area contributed by atoms with E-state index in [1.165, 1.54) is 0 Å². The minimum absolute atomic E-state index is 0.0248. The first-order valence-corrected chi connectivity index (χ1v) is 7.53. The summed E-state index contributed by atoms with van der Waals surface area (Å²) < 4.78 is 0. The van der Waals surface area contributed by atoms with Crippen LogP contribution in [0, 0.1) is 5.92 Å². The fourth-order valence-electron chi connectivity index (χ4n) is 2.67. The van der Waals surface area contributed by atoms with Crippen LogP contribution in [0.2, 0.25) is 0 Å². The molecule has 0 unspecified atom stereocenters. The van der Waals surface area contributed by atoms with Crippen LogP contribution in [-0.4, -0.2) is 38.9 Å². The Bertz CT molecular complexity index is 792. The van der Waals surface area contributed by atoms with Crippen LogP contribution in [0.5, 0.6) is 0 Å². The van der Waals surface area contributed by atoms with Gasteiger partial charge in [-0.25, -0.2) is 15.0 Å². The molecule has 1 fully saturated rings. The monoisotopic (exact) mass is 308 g/mol. The molecule has 1 saturated heterocycles. The molecule has 0 saturated carbocycles. The van der Waals surface area contributed by atoms with Gasteiger partial charge in [0.2, 0.25) is 11.9 Å². The molecule has 7 nitrogen and oxygen atoms in total. The third kappa shape index (κ3) is 2.73. The zero-order valence-corrected chi connectivity index (χ0v) is 12.4. The molecule has 4 rings (SSSR count). The standard InChI is InChI=1S/C16H16N6O/c23-15(11-9-22(10-11)16-17-6-3-7-18-16)19-8-14-20-12-4-1-2-5-13(12)21-14/h1-7,11H,8-10H2,(H,19,23)(H,20,21). The Hall–Kier alpha value is -2.96. The van der Waals surface area contributed by atoms with Crippen molar-refractivity contribution in [3.05, 3.63) is 48.5 Å². The van der Waals surface area contributed by atoms with Crippen molar-refractivity contribution < 1.29 is 4.79 Å². The Kier molecular flexibility index (Phi) is 3.38. The zero-order valence-electron chi connectivity index (χ0n) is 12.4. The van der Waals surface area contributed by atoms with Crippen molar-refractivity contribution in [1.82, 2.24) is 25.3 Å². The lowest BCUT2D eigenvalue weighted by molar-refractivity contribution is -0.125. The maximum atomic E-state index is 12.2. The van der Waals surface area contributed by atoms with Crippen molar-refractivity contribution in [3.8, 4) is 0 Å². The molecule has 0 atom stereocenters. The van der Waals surface area contributed by atoms with E-state index >= 15 is 0 Å². The number of benzene rings is 1. The SMILES string of the molecule is O=C(NCc1nc2ccccc2[nH]1)C1CN(c2ncccn2)C1. The Labute approximate surface area is 132 Å². The number of hydrogen-bond donors (Lipinski definition) is 2. The van der Waals surface area contributed by atoms with E-state index in [9.17, 15) is 4.79 Å². The van der Waals surface area contributed by atoms with Gasteiger partial charge in [-0.05, 0) is 18.2 Å². The van der Waals surface area contributed by atoms with Crippen molar-refractivity contribution >= 4 is 22.9 Å². The molecular formula is C16H16N6O. The molecule has 0 spiro atoms. The van der Waals surface area contributed by atoms with Gasteiger partial charge in [0.05, 0.1) is 23.5 Å². The first kappa shape index (κ1) is 13.7. The third-order valence-electron chi connectivity index (χ3n) is 3.96. The fourth-order valence-corrected chi connectivity index (χ4v) is 2.67. The number of imidazole rings is 1. The quantitative estimate of drug-likeness (QED) is 0.754. The van der Waals surface area contributed by atoms with Crippen LogP contribution in [0.15, 0.2) is 42.7 Å². The fraction of sp³-hybridized carbons (Fsp3) is 0.250. The molecular weight excluding hydrogens is 292 g/mol. The summed E-state index contributed by atoms with van der Waals surface area (Å²) in [5, 5.41) is 2.93. The Morgan fingerprint density at radius 3 is 2.78 bits per heavy atom. The number of carbonyl (C=O) groups is 1. The Morgan fingerprint density at radius 1 is 1.22 bits per heavy atom. The molecule has 1 aliphatic rings.